The molecule has 0 spiro atoms. The predicted molar refractivity (Wildman–Crippen MR) is 113 cm³/mol. The highest BCUT2D eigenvalue weighted by Gasteiger charge is 1.98. The first-order valence-corrected chi connectivity index (χ1v) is 9.79. The maximum Gasteiger partial charge on any atom is 0.131 e. The van der Waals surface area contributed by atoms with Crippen LogP contribution in [0.2, 0.25) is 0 Å². The van der Waals surface area contributed by atoms with E-state index in [4.69, 9.17) is 10.5 Å². The van der Waals surface area contributed by atoms with Crippen LogP contribution in [0.5, 0.6) is 0 Å². The Labute approximate surface area is 171 Å². The second kappa shape index (κ2) is 8.95. The lowest BCUT2D eigenvalue weighted by Crippen LogP contribution is -1.77. The molecule has 0 saturated carbocycles. The average Bonchev–Trinajstić information content (AvgIpc) is 3.32. The molecule has 2 heterocycles. The molecule has 126 valence electrons. The minimum absolute atomic E-state index is 0.0844. The van der Waals surface area contributed by atoms with Crippen molar-refractivity contribution >= 4 is 41.4 Å². The third kappa shape index (κ3) is 5.39. The Hall–Kier alpha value is -3.19. The molecule has 0 bridgehead atoms. The smallest absolute Gasteiger partial charge is 0.131 e. The molecule has 0 atom stereocenters. The maximum absolute atomic E-state index is 8.80. The molecule has 0 saturated heterocycles. The quantitative estimate of drug-likeness (QED) is 0.342. The number of benzene rings is 1. The minimum Gasteiger partial charge on any atom is -0.192 e. The molecule has 0 amide bonds. The molecule has 0 aliphatic carbocycles. The summed E-state index contributed by atoms with van der Waals surface area (Å²) in [6, 6.07) is 19.1. The molecular weight excluding hydrogens is 388 g/mol. The van der Waals surface area contributed by atoms with E-state index in [1.54, 1.807) is 17.4 Å². The van der Waals surface area contributed by atoms with Crippen molar-refractivity contribution in [3.63, 3.8) is 0 Å². The zero-order valence-electron chi connectivity index (χ0n) is 13.9. The SMILES string of the molecule is N#CC(C#N)=Cc1ccc(C#Cc2ccc(C#Cc3ccc(S)s3)cc2)s1. The molecule has 2 aromatic heterocycles. The zero-order valence-corrected chi connectivity index (χ0v) is 16.4. The highest BCUT2D eigenvalue weighted by Crippen LogP contribution is 2.19. The lowest BCUT2D eigenvalue weighted by Gasteiger charge is -1.91. The van der Waals surface area contributed by atoms with Crippen LogP contribution in [0, 0.1) is 46.3 Å². The molecule has 0 radical (unpaired) electrons. The first-order valence-electron chi connectivity index (χ1n) is 7.71. The van der Waals surface area contributed by atoms with Gasteiger partial charge in [0.15, 0.2) is 0 Å². The highest BCUT2D eigenvalue weighted by molar-refractivity contribution is 7.82. The first kappa shape index (κ1) is 18.6. The summed E-state index contributed by atoms with van der Waals surface area (Å²) in [6.07, 6.45) is 1.56. The van der Waals surface area contributed by atoms with Gasteiger partial charge in [0.05, 0.1) is 14.0 Å². The molecule has 0 aliphatic heterocycles. The summed E-state index contributed by atoms with van der Waals surface area (Å²) < 4.78 is 0.952. The van der Waals surface area contributed by atoms with E-state index in [1.165, 1.54) is 11.3 Å². The minimum atomic E-state index is 0.0844. The maximum atomic E-state index is 8.80. The Kier molecular flexibility index (Phi) is 6.17. The van der Waals surface area contributed by atoms with Gasteiger partial charge in [-0.05, 0) is 54.6 Å². The fraction of sp³-hybridized carbons (Fsp3) is 0. The molecule has 2 nitrogen and oxygen atoms in total. The normalized spacial score (nSPS) is 9.00. The number of rotatable bonds is 1. The van der Waals surface area contributed by atoms with Crippen LogP contribution in [0.3, 0.4) is 0 Å². The summed E-state index contributed by atoms with van der Waals surface area (Å²) in [5, 5.41) is 17.6. The number of nitrogens with zero attached hydrogens (tertiary/aromatic N) is 2. The second-order valence-electron chi connectivity index (χ2n) is 5.20. The van der Waals surface area contributed by atoms with Crippen LogP contribution in [-0.4, -0.2) is 0 Å². The van der Waals surface area contributed by atoms with E-state index in [1.807, 2.05) is 60.7 Å². The van der Waals surface area contributed by atoms with E-state index in [9.17, 15) is 0 Å². The highest BCUT2D eigenvalue weighted by atomic mass is 32.2. The largest absolute Gasteiger partial charge is 0.192 e. The van der Waals surface area contributed by atoms with Gasteiger partial charge in [0.1, 0.15) is 17.7 Å². The molecule has 0 unspecified atom stereocenters. The van der Waals surface area contributed by atoms with Crippen LogP contribution in [0.4, 0.5) is 0 Å². The van der Waals surface area contributed by atoms with Gasteiger partial charge in [-0.25, -0.2) is 0 Å². The number of thiol groups is 1. The van der Waals surface area contributed by atoms with E-state index in [-0.39, 0.29) is 5.57 Å². The van der Waals surface area contributed by atoms with E-state index in [2.05, 4.69) is 36.3 Å². The summed E-state index contributed by atoms with van der Waals surface area (Å²) in [6.45, 7) is 0. The predicted octanol–water partition coefficient (Wildman–Crippen LogP) is 5.33. The van der Waals surface area contributed by atoms with Crippen molar-refractivity contribution in [2.75, 3.05) is 0 Å². The number of hydrogen-bond donors (Lipinski definition) is 1. The van der Waals surface area contributed by atoms with Gasteiger partial charge in [-0.15, -0.1) is 35.3 Å². The summed E-state index contributed by atoms with van der Waals surface area (Å²) in [4.78, 5) is 2.70. The molecule has 0 N–H and O–H groups in total. The van der Waals surface area contributed by atoms with Crippen molar-refractivity contribution in [2.24, 2.45) is 0 Å². The van der Waals surface area contributed by atoms with Gasteiger partial charge in [-0.3, -0.25) is 0 Å². The summed E-state index contributed by atoms with van der Waals surface area (Å²) in [5.41, 5.74) is 1.91. The van der Waals surface area contributed by atoms with Gasteiger partial charge in [-0.1, -0.05) is 23.7 Å². The number of thiophene rings is 2. The fourth-order valence-electron chi connectivity index (χ4n) is 2.03. The van der Waals surface area contributed by atoms with Gasteiger partial charge >= 0.3 is 0 Å². The summed E-state index contributed by atoms with van der Waals surface area (Å²) in [7, 11) is 0. The Balaban J connectivity index is 1.71. The van der Waals surface area contributed by atoms with Gasteiger partial charge in [0, 0.05) is 16.0 Å². The molecule has 1 aromatic carbocycles. The van der Waals surface area contributed by atoms with Crippen molar-refractivity contribution < 1.29 is 0 Å². The molecule has 0 fully saturated rings. The van der Waals surface area contributed by atoms with Crippen LogP contribution in [0.25, 0.3) is 6.08 Å². The molecule has 27 heavy (non-hydrogen) atoms. The van der Waals surface area contributed by atoms with Gasteiger partial charge in [0.2, 0.25) is 0 Å². The van der Waals surface area contributed by atoms with Crippen LogP contribution in [-0.2, 0) is 0 Å². The summed E-state index contributed by atoms with van der Waals surface area (Å²) in [5.74, 6) is 12.5. The lowest BCUT2D eigenvalue weighted by molar-refractivity contribution is 1.47. The van der Waals surface area contributed by atoms with Crippen molar-refractivity contribution in [1.29, 1.82) is 10.5 Å². The first-order chi connectivity index (χ1) is 13.2. The fourth-order valence-corrected chi connectivity index (χ4v) is 3.80. The van der Waals surface area contributed by atoms with Crippen molar-refractivity contribution in [2.45, 2.75) is 4.21 Å². The van der Waals surface area contributed by atoms with Crippen LogP contribution >= 0.6 is 35.3 Å². The van der Waals surface area contributed by atoms with E-state index < -0.39 is 0 Å². The molecular formula is C22H10N2S3. The molecule has 3 aromatic rings. The van der Waals surface area contributed by atoms with Gasteiger partial charge < -0.3 is 0 Å². The summed E-state index contributed by atoms with van der Waals surface area (Å²) >= 11 is 7.28. The van der Waals surface area contributed by atoms with Gasteiger partial charge in [0.25, 0.3) is 0 Å². The Morgan fingerprint density at radius 2 is 1.30 bits per heavy atom. The third-order valence-electron chi connectivity index (χ3n) is 3.29. The molecule has 0 aliphatic rings. The van der Waals surface area contributed by atoms with Gasteiger partial charge in [-0.2, -0.15) is 10.5 Å². The Bertz CT molecular complexity index is 1190. The van der Waals surface area contributed by atoms with E-state index >= 15 is 0 Å². The monoisotopic (exact) mass is 398 g/mol. The van der Waals surface area contributed by atoms with E-state index in [0.29, 0.717) is 0 Å². The number of allylic oxidation sites excluding steroid dienone is 1. The third-order valence-corrected chi connectivity index (χ3v) is 5.46. The topological polar surface area (TPSA) is 47.6 Å². The Morgan fingerprint density at radius 1 is 0.741 bits per heavy atom. The number of hydrogen-bond acceptors (Lipinski definition) is 5. The average molecular weight is 399 g/mol. The molecule has 5 heteroatoms. The Morgan fingerprint density at radius 3 is 1.81 bits per heavy atom. The van der Waals surface area contributed by atoms with Crippen molar-refractivity contribution in [3.05, 3.63) is 79.9 Å². The lowest BCUT2D eigenvalue weighted by atomic mass is 10.1. The van der Waals surface area contributed by atoms with Crippen LogP contribution < -0.4 is 0 Å². The number of nitriles is 2. The van der Waals surface area contributed by atoms with Crippen LogP contribution in [0.1, 0.15) is 25.8 Å². The van der Waals surface area contributed by atoms with Crippen molar-refractivity contribution in [1.82, 2.24) is 0 Å². The van der Waals surface area contributed by atoms with Crippen LogP contribution in [0.15, 0.2) is 58.3 Å². The van der Waals surface area contributed by atoms with E-state index in [0.717, 1.165) is 30.0 Å². The zero-order chi connectivity index (χ0) is 19.1. The standard InChI is InChI=1S/C22H10N2S3/c23-14-18(15-24)13-21-10-9-19(26-21)7-5-16-1-3-17(4-2-16)6-8-20-11-12-22(25)27-20/h1-4,9-13,25H. The molecule has 3 rings (SSSR count). The van der Waals surface area contributed by atoms with Crippen molar-refractivity contribution in [3.8, 4) is 35.8 Å². The second-order valence-corrected chi connectivity index (χ2v) is 8.18.